The molecule has 0 aromatic carbocycles. The van der Waals surface area contributed by atoms with Crippen molar-refractivity contribution in [1.82, 2.24) is 9.80 Å². The third-order valence-electron chi connectivity index (χ3n) is 2.94. The number of hydrogen-bond donors (Lipinski definition) is 2. The second-order valence-corrected chi connectivity index (χ2v) is 4.49. The van der Waals surface area contributed by atoms with Crippen LogP contribution in [-0.4, -0.2) is 77.5 Å². The normalized spacial score (nSPS) is 23.8. The van der Waals surface area contributed by atoms with Crippen molar-refractivity contribution in [3.8, 4) is 0 Å². The molecule has 2 atom stereocenters. The number of carbonyl (C=O) groups excluding carboxylic acids is 1. The lowest BCUT2D eigenvalue weighted by Gasteiger charge is -2.39. The Morgan fingerprint density at radius 3 is 2.72 bits per heavy atom. The van der Waals surface area contributed by atoms with Gasteiger partial charge in [0.15, 0.2) is 0 Å². The summed E-state index contributed by atoms with van der Waals surface area (Å²) >= 11 is 0. The van der Waals surface area contributed by atoms with Crippen LogP contribution in [0.25, 0.3) is 0 Å². The van der Waals surface area contributed by atoms with Gasteiger partial charge in [-0.05, 0) is 6.92 Å². The number of urea groups is 1. The summed E-state index contributed by atoms with van der Waals surface area (Å²) in [5.41, 5.74) is 0. The number of rotatable bonds is 4. The van der Waals surface area contributed by atoms with Gasteiger partial charge in [0.25, 0.3) is 0 Å². The molecule has 0 spiro atoms. The highest BCUT2D eigenvalue weighted by atomic mass is 16.5. The quantitative estimate of drug-likeness (QED) is 0.717. The number of hydrogen-bond acceptors (Lipinski definition) is 4. The van der Waals surface area contributed by atoms with Crippen LogP contribution in [0.1, 0.15) is 13.3 Å². The fourth-order valence-electron chi connectivity index (χ4n) is 1.77. The largest absolute Gasteiger partial charge is 0.481 e. The van der Waals surface area contributed by atoms with Crippen LogP contribution in [0.3, 0.4) is 0 Å². The molecule has 0 aromatic heterocycles. The van der Waals surface area contributed by atoms with Crippen molar-refractivity contribution >= 4 is 12.0 Å². The van der Waals surface area contributed by atoms with E-state index < -0.39 is 5.97 Å². The zero-order chi connectivity index (χ0) is 13.7. The fraction of sp³-hybridized carbons (Fsp3) is 0.818. The van der Waals surface area contributed by atoms with Gasteiger partial charge in [-0.2, -0.15) is 0 Å². The highest BCUT2D eigenvalue weighted by Crippen LogP contribution is 2.13. The van der Waals surface area contributed by atoms with Crippen molar-refractivity contribution < 1.29 is 24.5 Å². The van der Waals surface area contributed by atoms with Crippen molar-refractivity contribution in [3.05, 3.63) is 0 Å². The van der Waals surface area contributed by atoms with Crippen molar-refractivity contribution in [2.24, 2.45) is 0 Å². The Bertz CT molecular complexity index is 310. The lowest BCUT2D eigenvalue weighted by molar-refractivity contribution is -0.137. The molecule has 2 N–H and O–H groups in total. The molecule has 7 nitrogen and oxygen atoms in total. The maximum absolute atomic E-state index is 12.1. The Morgan fingerprint density at radius 2 is 2.17 bits per heavy atom. The van der Waals surface area contributed by atoms with E-state index in [1.807, 2.05) is 6.92 Å². The van der Waals surface area contributed by atoms with Gasteiger partial charge in [-0.25, -0.2) is 4.79 Å². The van der Waals surface area contributed by atoms with E-state index in [0.29, 0.717) is 13.2 Å². The van der Waals surface area contributed by atoms with Gasteiger partial charge in [-0.15, -0.1) is 0 Å². The molecule has 0 aromatic rings. The van der Waals surface area contributed by atoms with E-state index in [-0.39, 0.29) is 37.7 Å². The summed E-state index contributed by atoms with van der Waals surface area (Å²) in [6, 6.07) is -0.307. The molecule has 1 saturated heterocycles. The molecule has 1 aliphatic heterocycles. The highest BCUT2D eigenvalue weighted by molar-refractivity contribution is 5.75. The molecule has 7 heteroatoms. The van der Waals surface area contributed by atoms with Gasteiger partial charge in [0.1, 0.15) is 0 Å². The zero-order valence-corrected chi connectivity index (χ0v) is 10.7. The Kier molecular flexibility index (Phi) is 5.36. The van der Waals surface area contributed by atoms with Gasteiger partial charge in [-0.1, -0.05) is 0 Å². The minimum Gasteiger partial charge on any atom is -0.481 e. The average molecular weight is 260 g/mol. The molecule has 0 saturated carbocycles. The first-order chi connectivity index (χ1) is 8.45. The van der Waals surface area contributed by atoms with Gasteiger partial charge in [0.05, 0.1) is 38.3 Å². The predicted molar refractivity (Wildman–Crippen MR) is 63.3 cm³/mol. The molecule has 2 unspecified atom stereocenters. The average Bonchev–Trinajstić information content (AvgIpc) is 2.35. The predicted octanol–water partition coefficient (Wildman–Crippen LogP) is -0.405. The van der Waals surface area contributed by atoms with Crippen LogP contribution < -0.4 is 0 Å². The number of aliphatic hydroxyl groups excluding tert-OH is 1. The molecule has 1 aliphatic rings. The molecule has 1 heterocycles. The molecule has 0 radical (unpaired) electrons. The molecule has 2 amide bonds. The fourth-order valence-corrected chi connectivity index (χ4v) is 1.77. The number of aliphatic hydroxyl groups is 1. The molecule has 104 valence electrons. The third kappa shape index (κ3) is 3.85. The first-order valence-corrected chi connectivity index (χ1v) is 5.91. The SMILES string of the molecule is CC1COC(CO)CN1C(=O)N(C)CCC(=O)O. The summed E-state index contributed by atoms with van der Waals surface area (Å²) in [7, 11) is 1.57. The number of carboxylic acids is 1. The van der Waals surface area contributed by atoms with Crippen molar-refractivity contribution in [1.29, 1.82) is 0 Å². The molecule has 0 aliphatic carbocycles. The summed E-state index contributed by atoms with van der Waals surface area (Å²) in [5, 5.41) is 17.6. The molecule has 18 heavy (non-hydrogen) atoms. The smallest absolute Gasteiger partial charge is 0.320 e. The second kappa shape index (κ2) is 6.55. The van der Waals surface area contributed by atoms with Gasteiger partial charge >= 0.3 is 12.0 Å². The van der Waals surface area contributed by atoms with Crippen molar-refractivity contribution in [2.45, 2.75) is 25.5 Å². The summed E-state index contributed by atoms with van der Waals surface area (Å²) in [6.07, 6.45) is -0.442. The Labute approximate surface area is 106 Å². The summed E-state index contributed by atoms with van der Waals surface area (Å²) in [4.78, 5) is 25.5. The highest BCUT2D eigenvalue weighted by Gasteiger charge is 2.30. The maximum atomic E-state index is 12.1. The number of carboxylic acid groups (broad SMARTS) is 1. The standard InChI is InChI=1S/C11H20N2O5/c1-8-7-18-9(6-14)5-13(8)11(17)12(2)4-3-10(15)16/h8-9,14H,3-7H2,1-2H3,(H,15,16). The van der Waals surface area contributed by atoms with Crippen LogP contribution in [0, 0.1) is 0 Å². The first-order valence-electron chi connectivity index (χ1n) is 5.91. The van der Waals surface area contributed by atoms with Crippen LogP contribution in [0.15, 0.2) is 0 Å². The van der Waals surface area contributed by atoms with Crippen LogP contribution in [0.2, 0.25) is 0 Å². The Morgan fingerprint density at radius 1 is 1.50 bits per heavy atom. The van der Waals surface area contributed by atoms with E-state index in [9.17, 15) is 9.59 Å². The number of nitrogens with zero attached hydrogens (tertiary/aromatic N) is 2. The molecular weight excluding hydrogens is 240 g/mol. The van der Waals surface area contributed by atoms with E-state index in [1.165, 1.54) is 4.90 Å². The third-order valence-corrected chi connectivity index (χ3v) is 2.94. The second-order valence-electron chi connectivity index (χ2n) is 4.49. The number of amides is 2. The van der Waals surface area contributed by atoms with Crippen LogP contribution in [0.5, 0.6) is 0 Å². The Balaban J connectivity index is 2.54. The van der Waals surface area contributed by atoms with E-state index in [1.54, 1.807) is 11.9 Å². The van der Waals surface area contributed by atoms with Crippen molar-refractivity contribution in [2.75, 3.05) is 33.4 Å². The number of aliphatic carboxylic acids is 1. The summed E-state index contributed by atoms with van der Waals surface area (Å²) in [5.74, 6) is -0.932. The Hall–Kier alpha value is -1.34. The van der Waals surface area contributed by atoms with Crippen molar-refractivity contribution in [3.63, 3.8) is 0 Å². The molecule has 1 rings (SSSR count). The van der Waals surface area contributed by atoms with E-state index >= 15 is 0 Å². The van der Waals surface area contributed by atoms with E-state index in [4.69, 9.17) is 14.9 Å². The van der Waals surface area contributed by atoms with Crippen LogP contribution in [-0.2, 0) is 9.53 Å². The first kappa shape index (κ1) is 14.7. The number of ether oxygens (including phenoxy) is 1. The molecular formula is C11H20N2O5. The van der Waals surface area contributed by atoms with Crippen LogP contribution in [0.4, 0.5) is 4.79 Å². The lowest BCUT2D eigenvalue weighted by Crippen LogP contribution is -2.55. The monoisotopic (exact) mass is 260 g/mol. The van der Waals surface area contributed by atoms with Crippen LogP contribution >= 0.6 is 0 Å². The van der Waals surface area contributed by atoms with E-state index in [0.717, 1.165) is 0 Å². The zero-order valence-electron chi connectivity index (χ0n) is 10.7. The van der Waals surface area contributed by atoms with Gasteiger partial charge in [0, 0.05) is 13.6 Å². The maximum Gasteiger partial charge on any atom is 0.320 e. The van der Waals surface area contributed by atoms with E-state index in [2.05, 4.69) is 0 Å². The van der Waals surface area contributed by atoms with Gasteiger partial charge in [-0.3, -0.25) is 4.79 Å². The topological polar surface area (TPSA) is 90.3 Å². The summed E-state index contributed by atoms with van der Waals surface area (Å²) < 4.78 is 5.34. The molecule has 0 bridgehead atoms. The lowest BCUT2D eigenvalue weighted by atomic mass is 10.2. The number of morpholine rings is 1. The molecule has 1 fully saturated rings. The minimum atomic E-state index is -0.932. The summed E-state index contributed by atoms with van der Waals surface area (Å²) in [6.45, 7) is 2.60. The van der Waals surface area contributed by atoms with Gasteiger partial charge in [0.2, 0.25) is 0 Å². The van der Waals surface area contributed by atoms with Gasteiger partial charge < -0.3 is 24.7 Å². The number of carbonyl (C=O) groups is 2. The minimum absolute atomic E-state index is 0.0763.